The zero-order chi connectivity index (χ0) is 13.2. The molecule has 0 fully saturated rings. The van der Waals surface area contributed by atoms with Gasteiger partial charge in [-0.2, -0.15) is 0 Å². The number of aromatic hydroxyl groups is 1. The van der Waals surface area contributed by atoms with Crippen LogP contribution in [0.5, 0.6) is 5.75 Å². The van der Waals surface area contributed by atoms with Gasteiger partial charge in [0.25, 0.3) is 10.0 Å². The van der Waals surface area contributed by atoms with Gasteiger partial charge in [-0.3, -0.25) is 4.72 Å². The number of halogens is 1. The van der Waals surface area contributed by atoms with Crippen molar-refractivity contribution in [1.82, 2.24) is 4.98 Å². The van der Waals surface area contributed by atoms with E-state index in [1.54, 1.807) is 0 Å². The zero-order valence-corrected chi connectivity index (χ0v) is 9.86. The molecule has 1 aromatic carbocycles. The van der Waals surface area contributed by atoms with Crippen molar-refractivity contribution in [2.75, 3.05) is 4.72 Å². The molecule has 7 heteroatoms. The van der Waals surface area contributed by atoms with Crippen LogP contribution in [0, 0.1) is 5.82 Å². The van der Waals surface area contributed by atoms with Crippen LogP contribution in [0.2, 0.25) is 0 Å². The summed E-state index contributed by atoms with van der Waals surface area (Å²) in [6, 6.07) is 7.48. The van der Waals surface area contributed by atoms with Crippen molar-refractivity contribution in [1.29, 1.82) is 0 Å². The van der Waals surface area contributed by atoms with Crippen LogP contribution in [0.1, 0.15) is 0 Å². The van der Waals surface area contributed by atoms with Crippen molar-refractivity contribution < 1.29 is 17.9 Å². The summed E-state index contributed by atoms with van der Waals surface area (Å²) in [5.74, 6) is -0.722. The third-order valence-corrected chi connectivity index (χ3v) is 3.45. The van der Waals surface area contributed by atoms with Gasteiger partial charge < -0.3 is 5.11 Å². The number of aromatic nitrogens is 1. The third kappa shape index (κ3) is 2.75. The Bertz CT molecular complexity index is 656. The number of benzene rings is 1. The normalized spacial score (nSPS) is 11.2. The van der Waals surface area contributed by atoms with Gasteiger partial charge in [-0.05, 0) is 24.3 Å². The summed E-state index contributed by atoms with van der Waals surface area (Å²) < 4.78 is 38.6. The second-order valence-corrected chi connectivity index (χ2v) is 5.15. The summed E-state index contributed by atoms with van der Waals surface area (Å²) >= 11 is 0. The SMILES string of the molecule is O=S(=O)(Nc1ccc(F)cn1)c1cccc(O)c1. The summed E-state index contributed by atoms with van der Waals surface area (Å²) in [5.41, 5.74) is 0. The molecule has 1 heterocycles. The largest absolute Gasteiger partial charge is 0.508 e. The lowest BCUT2D eigenvalue weighted by Gasteiger charge is -2.07. The molecule has 0 saturated heterocycles. The molecule has 0 aliphatic rings. The summed E-state index contributed by atoms with van der Waals surface area (Å²) in [7, 11) is -3.84. The standard InChI is InChI=1S/C11H9FN2O3S/c12-8-4-5-11(13-7-8)14-18(16,17)10-3-1-2-9(15)6-10/h1-7,15H,(H,13,14). The second kappa shape index (κ2) is 4.61. The number of hydrogen-bond acceptors (Lipinski definition) is 4. The van der Waals surface area contributed by atoms with E-state index < -0.39 is 15.8 Å². The van der Waals surface area contributed by atoms with Gasteiger partial charge in [0.05, 0.1) is 11.1 Å². The van der Waals surface area contributed by atoms with E-state index in [4.69, 9.17) is 0 Å². The van der Waals surface area contributed by atoms with Gasteiger partial charge in [0.2, 0.25) is 0 Å². The number of anilines is 1. The van der Waals surface area contributed by atoms with E-state index in [0.29, 0.717) is 0 Å². The fourth-order valence-corrected chi connectivity index (χ4v) is 2.33. The zero-order valence-electron chi connectivity index (χ0n) is 9.04. The molecule has 0 aliphatic heterocycles. The number of nitrogens with zero attached hydrogens (tertiary/aromatic N) is 1. The minimum absolute atomic E-state index is 0.000238. The average molecular weight is 268 g/mol. The van der Waals surface area contributed by atoms with E-state index in [1.165, 1.54) is 24.3 Å². The Morgan fingerprint density at radius 1 is 1.22 bits per heavy atom. The molecule has 0 saturated carbocycles. The van der Waals surface area contributed by atoms with E-state index in [0.717, 1.165) is 18.3 Å². The molecule has 0 bridgehead atoms. The Morgan fingerprint density at radius 3 is 2.61 bits per heavy atom. The topological polar surface area (TPSA) is 79.3 Å². The fourth-order valence-electron chi connectivity index (χ4n) is 1.28. The van der Waals surface area contributed by atoms with E-state index in [2.05, 4.69) is 9.71 Å². The highest BCUT2D eigenvalue weighted by molar-refractivity contribution is 7.92. The number of hydrogen-bond donors (Lipinski definition) is 2. The van der Waals surface area contributed by atoms with Gasteiger partial charge in [0, 0.05) is 6.07 Å². The molecule has 0 unspecified atom stereocenters. The molecule has 0 atom stereocenters. The van der Waals surface area contributed by atoms with E-state index in [9.17, 15) is 17.9 Å². The minimum Gasteiger partial charge on any atom is -0.508 e. The molecule has 2 N–H and O–H groups in total. The smallest absolute Gasteiger partial charge is 0.263 e. The van der Waals surface area contributed by atoms with Crippen LogP contribution in [0.4, 0.5) is 10.2 Å². The van der Waals surface area contributed by atoms with Gasteiger partial charge in [0.1, 0.15) is 17.4 Å². The van der Waals surface area contributed by atoms with Crippen molar-refractivity contribution in [3.05, 3.63) is 48.4 Å². The monoisotopic (exact) mass is 268 g/mol. The molecule has 18 heavy (non-hydrogen) atoms. The predicted molar refractivity (Wildman–Crippen MR) is 63.1 cm³/mol. The van der Waals surface area contributed by atoms with Crippen LogP contribution in [0.15, 0.2) is 47.5 Å². The Balaban J connectivity index is 2.30. The van der Waals surface area contributed by atoms with Crippen LogP contribution in [-0.4, -0.2) is 18.5 Å². The van der Waals surface area contributed by atoms with Gasteiger partial charge in [-0.15, -0.1) is 0 Å². The average Bonchev–Trinajstić information content (AvgIpc) is 2.32. The number of pyridine rings is 1. The Hall–Kier alpha value is -2.15. The predicted octanol–water partition coefficient (Wildman–Crippen LogP) is 1.73. The summed E-state index contributed by atoms with van der Waals surface area (Å²) in [6.45, 7) is 0. The van der Waals surface area contributed by atoms with Crippen molar-refractivity contribution in [3.8, 4) is 5.75 Å². The lowest BCUT2D eigenvalue weighted by atomic mass is 10.3. The number of nitrogens with one attached hydrogen (secondary N) is 1. The van der Waals surface area contributed by atoms with E-state index >= 15 is 0 Å². The van der Waals surface area contributed by atoms with Crippen LogP contribution in [-0.2, 0) is 10.0 Å². The first-order valence-corrected chi connectivity index (χ1v) is 6.39. The van der Waals surface area contributed by atoms with Crippen molar-refractivity contribution in [3.63, 3.8) is 0 Å². The molecule has 2 rings (SSSR count). The van der Waals surface area contributed by atoms with Crippen molar-refractivity contribution in [2.24, 2.45) is 0 Å². The Labute approximate surface area is 103 Å². The summed E-state index contributed by atoms with van der Waals surface area (Å²) in [6.07, 6.45) is 0.903. The van der Waals surface area contributed by atoms with Crippen molar-refractivity contribution >= 4 is 15.8 Å². The number of phenols is 1. The molecule has 0 radical (unpaired) electrons. The van der Waals surface area contributed by atoms with Crippen LogP contribution < -0.4 is 4.72 Å². The molecule has 94 valence electrons. The maximum atomic E-state index is 12.6. The number of rotatable bonds is 3. The number of phenolic OH excluding ortho intramolecular Hbond substituents is 1. The summed E-state index contributed by atoms with van der Waals surface area (Å²) in [5, 5.41) is 9.22. The van der Waals surface area contributed by atoms with Crippen LogP contribution >= 0.6 is 0 Å². The summed E-state index contributed by atoms with van der Waals surface area (Å²) in [4.78, 5) is 3.48. The maximum Gasteiger partial charge on any atom is 0.263 e. The molecule has 0 amide bonds. The molecule has 0 spiro atoms. The highest BCUT2D eigenvalue weighted by Crippen LogP contribution is 2.18. The molecular formula is C11H9FN2O3S. The second-order valence-electron chi connectivity index (χ2n) is 3.46. The molecule has 1 aromatic heterocycles. The first-order chi connectivity index (χ1) is 8.47. The molecular weight excluding hydrogens is 259 g/mol. The highest BCUT2D eigenvalue weighted by atomic mass is 32.2. The van der Waals surface area contributed by atoms with Gasteiger partial charge in [-0.25, -0.2) is 17.8 Å². The lowest BCUT2D eigenvalue weighted by molar-refractivity contribution is 0.473. The fraction of sp³-hybridized carbons (Fsp3) is 0. The first kappa shape index (κ1) is 12.3. The van der Waals surface area contributed by atoms with Crippen molar-refractivity contribution in [2.45, 2.75) is 4.90 Å². The molecule has 0 aliphatic carbocycles. The minimum atomic E-state index is -3.84. The van der Waals surface area contributed by atoms with Crippen LogP contribution in [0.25, 0.3) is 0 Å². The van der Waals surface area contributed by atoms with Gasteiger partial charge >= 0.3 is 0 Å². The Kier molecular flexibility index (Phi) is 3.15. The van der Waals surface area contributed by atoms with Gasteiger partial charge in [-0.1, -0.05) is 6.07 Å². The Morgan fingerprint density at radius 2 is 2.00 bits per heavy atom. The third-order valence-electron chi connectivity index (χ3n) is 2.09. The van der Waals surface area contributed by atoms with E-state index in [1.807, 2.05) is 0 Å². The number of sulfonamides is 1. The molecule has 2 aromatic rings. The van der Waals surface area contributed by atoms with Crippen LogP contribution in [0.3, 0.4) is 0 Å². The molecule has 5 nitrogen and oxygen atoms in total. The maximum absolute atomic E-state index is 12.6. The highest BCUT2D eigenvalue weighted by Gasteiger charge is 2.15. The lowest BCUT2D eigenvalue weighted by Crippen LogP contribution is -2.13. The first-order valence-electron chi connectivity index (χ1n) is 4.91. The van der Waals surface area contributed by atoms with Gasteiger partial charge in [0.15, 0.2) is 0 Å². The quantitative estimate of drug-likeness (QED) is 0.888. The van der Waals surface area contributed by atoms with E-state index in [-0.39, 0.29) is 16.5 Å².